The van der Waals surface area contributed by atoms with Crippen LogP contribution in [0.4, 0.5) is 0 Å². The molecule has 25 heavy (non-hydrogen) atoms. The minimum Gasteiger partial charge on any atom is -0.274 e. The van der Waals surface area contributed by atoms with Gasteiger partial charge in [-0.3, -0.25) is 9.63 Å². The largest absolute Gasteiger partial charge is 0.277 e. The smallest absolute Gasteiger partial charge is 0.274 e. The summed E-state index contributed by atoms with van der Waals surface area (Å²) >= 11 is 2.16. The molecule has 0 bridgehead atoms. The Labute approximate surface area is 161 Å². The molecule has 0 N–H and O–H groups in total. The van der Waals surface area contributed by atoms with Gasteiger partial charge in [-0.25, -0.2) is 13.5 Å². The number of aryl methyl sites for hydroxylation is 1. The van der Waals surface area contributed by atoms with Crippen LogP contribution in [-0.4, -0.2) is 38.8 Å². The van der Waals surface area contributed by atoms with E-state index in [9.17, 15) is 13.2 Å². The molecule has 5 nitrogen and oxygen atoms in total. The van der Waals surface area contributed by atoms with Crippen molar-refractivity contribution in [2.45, 2.75) is 17.7 Å². The fourth-order valence-corrected chi connectivity index (χ4v) is 5.06. The number of hydrogen-bond acceptors (Lipinski definition) is 4. The minimum absolute atomic E-state index is 0.0731. The molecule has 132 valence electrons. The monoisotopic (exact) mass is 471 g/mol. The van der Waals surface area contributed by atoms with Crippen molar-refractivity contribution in [2.24, 2.45) is 0 Å². The van der Waals surface area contributed by atoms with E-state index in [1.54, 1.807) is 30.3 Å². The van der Waals surface area contributed by atoms with Gasteiger partial charge in [-0.1, -0.05) is 17.7 Å². The Morgan fingerprint density at radius 2 is 1.88 bits per heavy atom. The summed E-state index contributed by atoms with van der Waals surface area (Å²) in [4.78, 5) is 17.9. The molecule has 0 saturated heterocycles. The number of rotatable bonds is 4. The lowest BCUT2D eigenvalue weighted by atomic mass is 9.91. The Bertz CT molecular complexity index is 909. The van der Waals surface area contributed by atoms with Gasteiger partial charge in [-0.2, -0.15) is 0 Å². The first kappa shape index (κ1) is 18.3. The number of hydroxylamine groups is 2. The van der Waals surface area contributed by atoms with Crippen molar-refractivity contribution in [1.82, 2.24) is 5.06 Å². The van der Waals surface area contributed by atoms with Crippen LogP contribution >= 0.6 is 22.6 Å². The molecule has 1 aliphatic rings. The van der Waals surface area contributed by atoms with Crippen molar-refractivity contribution in [3.8, 4) is 0 Å². The molecular formula is C18H18INO4S. The normalized spacial score (nSPS) is 17.5. The molecule has 1 aliphatic heterocycles. The molecule has 0 aromatic heterocycles. The van der Waals surface area contributed by atoms with Crippen LogP contribution in [0.25, 0.3) is 0 Å². The van der Waals surface area contributed by atoms with Crippen molar-refractivity contribution in [1.29, 1.82) is 0 Å². The molecule has 3 rings (SSSR count). The van der Waals surface area contributed by atoms with E-state index in [0.29, 0.717) is 10.5 Å². The number of fused-ring (bicyclic) bond motifs is 1. The SMILES string of the molecule is CON1CC(CS(=O)(=O)c2ccc(C)cc2)c2cc(I)ccc2C1=O. The molecule has 1 heterocycles. The predicted octanol–water partition coefficient (Wildman–Crippen LogP) is 3.17. The van der Waals surface area contributed by atoms with Gasteiger partial charge in [0.1, 0.15) is 0 Å². The van der Waals surface area contributed by atoms with Gasteiger partial charge in [0.05, 0.1) is 24.3 Å². The fourth-order valence-electron chi connectivity index (χ4n) is 2.99. The van der Waals surface area contributed by atoms with Crippen LogP contribution in [0.5, 0.6) is 0 Å². The maximum atomic E-state index is 12.8. The van der Waals surface area contributed by atoms with Crippen LogP contribution in [-0.2, 0) is 14.7 Å². The average molecular weight is 471 g/mol. The Balaban J connectivity index is 1.99. The first-order valence-electron chi connectivity index (χ1n) is 7.76. The fraction of sp³-hybridized carbons (Fsp3) is 0.278. The topological polar surface area (TPSA) is 63.7 Å². The molecule has 2 aromatic carbocycles. The third-order valence-corrected chi connectivity index (χ3v) is 6.82. The van der Waals surface area contributed by atoms with Crippen LogP contribution in [0, 0.1) is 10.5 Å². The van der Waals surface area contributed by atoms with Gasteiger partial charge in [0.25, 0.3) is 5.91 Å². The molecule has 0 spiro atoms. The van der Waals surface area contributed by atoms with Gasteiger partial charge < -0.3 is 0 Å². The maximum Gasteiger partial charge on any atom is 0.277 e. The van der Waals surface area contributed by atoms with E-state index in [-0.39, 0.29) is 24.1 Å². The van der Waals surface area contributed by atoms with Crippen LogP contribution in [0.3, 0.4) is 0 Å². The molecule has 7 heteroatoms. The molecular weight excluding hydrogens is 453 g/mol. The summed E-state index contributed by atoms with van der Waals surface area (Å²) in [7, 11) is -2.06. The first-order valence-corrected chi connectivity index (χ1v) is 10.5. The predicted molar refractivity (Wildman–Crippen MR) is 103 cm³/mol. The number of halogens is 1. The highest BCUT2D eigenvalue weighted by Gasteiger charge is 2.34. The standard InChI is InChI=1S/C18H18INO4S/c1-12-3-6-15(7-4-12)25(22,23)11-13-10-20(24-2)18(21)16-8-5-14(19)9-17(13)16/h3-9,13H,10-11H2,1-2H3. The van der Waals surface area contributed by atoms with E-state index in [0.717, 1.165) is 14.7 Å². The van der Waals surface area contributed by atoms with Crippen LogP contribution < -0.4 is 0 Å². The van der Waals surface area contributed by atoms with Gasteiger partial charge >= 0.3 is 0 Å². The van der Waals surface area contributed by atoms with E-state index in [1.807, 2.05) is 19.1 Å². The highest BCUT2D eigenvalue weighted by Crippen LogP contribution is 2.32. The van der Waals surface area contributed by atoms with E-state index < -0.39 is 9.84 Å². The summed E-state index contributed by atoms with van der Waals surface area (Å²) in [5.74, 6) is -0.650. The van der Waals surface area contributed by atoms with Crippen molar-refractivity contribution >= 4 is 38.3 Å². The van der Waals surface area contributed by atoms with Gasteiger partial charge in [0.2, 0.25) is 0 Å². The van der Waals surface area contributed by atoms with Crippen LogP contribution in [0.1, 0.15) is 27.4 Å². The lowest BCUT2D eigenvalue weighted by Gasteiger charge is -2.32. The van der Waals surface area contributed by atoms with Gasteiger partial charge in [0.15, 0.2) is 9.84 Å². The van der Waals surface area contributed by atoms with Crippen molar-refractivity contribution < 1.29 is 18.0 Å². The highest BCUT2D eigenvalue weighted by atomic mass is 127. The molecule has 1 unspecified atom stereocenters. The van der Waals surface area contributed by atoms with E-state index in [1.165, 1.54) is 12.2 Å². The van der Waals surface area contributed by atoms with Crippen molar-refractivity contribution in [3.63, 3.8) is 0 Å². The first-order chi connectivity index (χ1) is 11.8. The summed E-state index contributed by atoms with van der Waals surface area (Å²) in [6, 6.07) is 12.3. The Hall–Kier alpha value is -1.45. The van der Waals surface area contributed by atoms with Crippen molar-refractivity contribution in [2.75, 3.05) is 19.4 Å². The van der Waals surface area contributed by atoms with Gasteiger partial charge in [-0.05, 0) is 65.4 Å². The zero-order chi connectivity index (χ0) is 18.2. The second-order valence-electron chi connectivity index (χ2n) is 6.07. The van der Waals surface area contributed by atoms with E-state index in [4.69, 9.17) is 4.84 Å². The number of nitrogens with zero attached hydrogens (tertiary/aromatic N) is 1. The van der Waals surface area contributed by atoms with Gasteiger partial charge in [0, 0.05) is 15.1 Å². The Morgan fingerprint density at radius 1 is 1.20 bits per heavy atom. The molecule has 1 amide bonds. The summed E-state index contributed by atoms with van der Waals surface area (Å²) in [5, 5.41) is 1.23. The molecule has 1 atom stereocenters. The third kappa shape index (κ3) is 3.73. The summed E-state index contributed by atoms with van der Waals surface area (Å²) < 4.78 is 26.6. The molecule has 0 aliphatic carbocycles. The second kappa shape index (κ2) is 7.05. The van der Waals surface area contributed by atoms with E-state index >= 15 is 0 Å². The number of amides is 1. The Kier molecular flexibility index (Phi) is 5.17. The van der Waals surface area contributed by atoms with E-state index in [2.05, 4.69) is 22.6 Å². The lowest BCUT2D eigenvalue weighted by molar-refractivity contribution is -0.100. The summed E-state index contributed by atoms with van der Waals surface area (Å²) in [6.07, 6.45) is 0. The second-order valence-corrected chi connectivity index (χ2v) is 9.35. The third-order valence-electron chi connectivity index (χ3n) is 4.32. The van der Waals surface area contributed by atoms with Crippen LogP contribution in [0.15, 0.2) is 47.4 Å². The number of carbonyl (C=O) groups is 1. The average Bonchev–Trinajstić information content (AvgIpc) is 2.57. The number of sulfone groups is 1. The molecule has 0 saturated carbocycles. The van der Waals surface area contributed by atoms with Crippen LogP contribution in [0.2, 0.25) is 0 Å². The molecule has 2 aromatic rings. The summed E-state index contributed by atoms with van der Waals surface area (Å²) in [5.41, 5.74) is 2.27. The number of carbonyl (C=O) groups excluding carboxylic acids is 1. The highest BCUT2D eigenvalue weighted by molar-refractivity contribution is 14.1. The Morgan fingerprint density at radius 3 is 2.52 bits per heavy atom. The number of benzene rings is 2. The maximum absolute atomic E-state index is 12.8. The number of hydrogen-bond donors (Lipinski definition) is 0. The lowest BCUT2D eigenvalue weighted by Crippen LogP contribution is -2.41. The molecule has 0 fully saturated rings. The summed E-state index contributed by atoms with van der Waals surface area (Å²) in [6.45, 7) is 2.13. The zero-order valence-corrected chi connectivity index (χ0v) is 16.9. The molecule has 0 radical (unpaired) electrons. The minimum atomic E-state index is -3.48. The van der Waals surface area contributed by atoms with Crippen molar-refractivity contribution in [3.05, 3.63) is 62.7 Å². The quantitative estimate of drug-likeness (QED) is 0.643. The zero-order valence-electron chi connectivity index (χ0n) is 13.9. The van der Waals surface area contributed by atoms with Gasteiger partial charge in [-0.15, -0.1) is 0 Å².